The van der Waals surface area contributed by atoms with E-state index < -0.39 is 0 Å². The summed E-state index contributed by atoms with van der Waals surface area (Å²) in [6.07, 6.45) is 6.68. The van der Waals surface area contributed by atoms with Crippen molar-refractivity contribution in [3.63, 3.8) is 0 Å². The maximum atomic E-state index is 5.82. The van der Waals surface area contributed by atoms with Gasteiger partial charge < -0.3 is 19.4 Å². The summed E-state index contributed by atoms with van der Waals surface area (Å²) in [5.41, 5.74) is 1.17. The number of likely N-dealkylation sites (tertiary alicyclic amines) is 1. The van der Waals surface area contributed by atoms with E-state index in [1.54, 1.807) is 6.26 Å². The highest BCUT2D eigenvalue weighted by Crippen LogP contribution is 2.18. The SMILES string of the molecule is CCCNCc1occc1COCCC1CCCN1C. The van der Waals surface area contributed by atoms with E-state index >= 15 is 0 Å². The lowest BCUT2D eigenvalue weighted by Crippen LogP contribution is -2.26. The molecule has 1 aromatic rings. The Hall–Kier alpha value is -0.840. The van der Waals surface area contributed by atoms with Gasteiger partial charge in [0.15, 0.2) is 0 Å². The number of nitrogens with zero attached hydrogens (tertiary/aromatic N) is 1. The van der Waals surface area contributed by atoms with Crippen molar-refractivity contribution in [2.45, 2.75) is 51.8 Å². The third-order valence-electron chi connectivity index (χ3n) is 4.07. The van der Waals surface area contributed by atoms with Gasteiger partial charge in [0, 0.05) is 18.2 Å². The first-order valence-corrected chi connectivity index (χ1v) is 7.85. The van der Waals surface area contributed by atoms with Crippen molar-refractivity contribution in [1.82, 2.24) is 10.2 Å². The smallest absolute Gasteiger partial charge is 0.123 e. The average molecular weight is 280 g/mol. The van der Waals surface area contributed by atoms with Gasteiger partial charge in [-0.2, -0.15) is 0 Å². The molecule has 1 N–H and O–H groups in total. The monoisotopic (exact) mass is 280 g/mol. The van der Waals surface area contributed by atoms with E-state index in [2.05, 4.69) is 24.2 Å². The number of hydrogen-bond acceptors (Lipinski definition) is 4. The van der Waals surface area contributed by atoms with Crippen LogP contribution < -0.4 is 5.32 Å². The first-order valence-electron chi connectivity index (χ1n) is 7.85. The number of hydrogen-bond donors (Lipinski definition) is 1. The molecule has 114 valence electrons. The van der Waals surface area contributed by atoms with Crippen molar-refractivity contribution in [1.29, 1.82) is 0 Å². The Morgan fingerprint density at radius 3 is 3.15 bits per heavy atom. The van der Waals surface area contributed by atoms with E-state index in [1.807, 2.05) is 6.07 Å². The average Bonchev–Trinajstić information content (AvgIpc) is 3.05. The molecule has 2 heterocycles. The van der Waals surface area contributed by atoms with Gasteiger partial charge in [0.2, 0.25) is 0 Å². The van der Waals surface area contributed by atoms with Crippen LogP contribution in [0, 0.1) is 0 Å². The minimum atomic E-state index is 0.663. The summed E-state index contributed by atoms with van der Waals surface area (Å²) in [5.74, 6) is 1.01. The van der Waals surface area contributed by atoms with E-state index in [1.165, 1.54) is 24.9 Å². The van der Waals surface area contributed by atoms with Crippen LogP contribution in [0.25, 0.3) is 0 Å². The molecule has 4 nitrogen and oxygen atoms in total. The van der Waals surface area contributed by atoms with Crippen molar-refractivity contribution in [2.75, 3.05) is 26.7 Å². The van der Waals surface area contributed by atoms with Gasteiger partial charge >= 0.3 is 0 Å². The lowest BCUT2D eigenvalue weighted by Gasteiger charge is -2.18. The lowest BCUT2D eigenvalue weighted by molar-refractivity contribution is 0.100. The minimum absolute atomic E-state index is 0.663. The van der Waals surface area contributed by atoms with Crippen LogP contribution in [0.4, 0.5) is 0 Å². The van der Waals surface area contributed by atoms with Gasteiger partial charge in [0.05, 0.1) is 19.4 Å². The standard InChI is InChI=1S/C16H28N2O2/c1-3-8-17-12-16-14(6-11-20-16)13-19-10-7-15-5-4-9-18(15)2/h6,11,15,17H,3-5,7-10,12-13H2,1-2H3. The van der Waals surface area contributed by atoms with Gasteiger partial charge in [0.1, 0.15) is 5.76 Å². The third kappa shape index (κ3) is 4.62. The summed E-state index contributed by atoms with van der Waals surface area (Å²) >= 11 is 0. The fourth-order valence-corrected chi connectivity index (χ4v) is 2.77. The van der Waals surface area contributed by atoms with Crippen LogP contribution in [0.3, 0.4) is 0 Å². The molecular formula is C16H28N2O2. The quantitative estimate of drug-likeness (QED) is 0.706. The van der Waals surface area contributed by atoms with E-state index in [-0.39, 0.29) is 0 Å². The topological polar surface area (TPSA) is 37.6 Å². The van der Waals surface area contributed by atoms with Crippen molar-refractivity contribution in [3.8, 4) is 0 Å². The van der Waals surface area contributed by atoms with Crippen molar-refractivity contribution in [3.05, 3.63) is 23.7 Å². The van der Waals surface area contributed by atoms with Crippen molar-refractivity contribution in [2.24, 2.45) is 0 Å². The molecule has 1 aromatic heterocycles. The fraction of sp³-hybridized carbons (Fsp3) is 0.750. The zero-order valence-corrected chi connectivity index (χ0v) is 12.9. The Labute approximate surface area is 122 Å². The van der Waals surface area contributed by atoms with Crippen LogP contribution in [-0.4, -0.2) is 37.7 Å². The molecule has 0 amide bonds. The molecule has 1 atom stereocenters. The van der Waals surface area contributed by atoms with Gasteiger partial charge in [0.25, 0.3) is 0 Å². The predicted molar refractivity (Wildman–Crippen MR) is 80.6 cm³/mol. The summed E-state index contributed by atoms with van der Waals surface area (Å²) in [5, 5.41) is 3.36. The third-order valence-corrected chi connectivity index (χ3v) is 4.07. The Balaban J connectivity index is 1.65. The maximum absolute atomic E-state index is 5.82. The molecular weight excluding hydrogens is 252 g/mol. The molecule has 1 fully saturated rings. The maximum Gasteiger partial charge on any atom is 0.123 e. The summed E-state index contributed by atoms with van der Waals surface area (Å²) in [4.78, 5) is 2.45. The zero-order valence-electron chi connectivity index (χ0n) is 12.9. The van der Waals surface area contributed by atoms with Gasteiger partial charge in [-0.25, -0.2) is 0 Å². The molecule has 0 aliphatic carbocycles. The second-order valence-electron chi connectivity index (χ2n) is 5.66. The van der Waals surface area contributed by atoms with Crippen LogP contribution >= 0.6 is 0 Å². The molecule has 2 rings (SSSR count). The normalized spacial score (nSPS) is 19.8. The minimum Gasteiger partial charge on any atom is -0.468 e. The predicted octanol–water partition coefficient (Wildman–Crippen LogP) is 2.78. The Morgan fingerprint density at radius 1 is 1.50 bits per heavy atom. The zero-order chi connectivity index (χ0) is 14.2. The molecule has 1 saturated heterocycles. The highest BCUT2D eigenvalue weighted by atomic mass is 16.5. The number of ether oxygens (including phenoxy) is 1. The van der Waals surface area contributed by atoms with Crippen molar-refractivity contribution < 1.29 is 9.15 Å². The number of furan rings is 1. The van der Waals surface area contributed by atoms with Gasteiger partial charge in [-0.3, -0.25) is 0 Å². The highest BCUT2D eigenvalue weighted by molar-refractivity contribution is 5.15. The van der Waals surface area contributed by atoms with Crippen LogP contribution in [0.2, 0.25) is 0 Å². The highest BCUT2D eigenvalue weighted by Gasteiger charge is 2.20. The second-order valence-corrected chi connectivity index (χ2v) is 5.66. The van der Waals surface area contributed by atoms with E-state index in [9.17, 15) is 0 Å². The molecule has 20 heavy (non-hydrogen) atoms. The first kappa shape index (κ1) is 15.5. The van der Waals surface area contributed by atoms with Gasteiger partial charge in [-0.15, -0.1) is 0 Å². The Bertz CT molecular complexity index is 378. The molecule has 0 aromatic carbocycles. The van der Waals surface area contributed by atoms with Crippen LogP contribution in [-0.2, 0) is 17.9 Å². The van der Waals surface area contributed by atoms with Crippen LogP contribution in [0.5, 0.6) is 0 Å². The summed E-state index contributed by atoms with van der Waals surface area (Å²) in [6.45, 7) is 6.72. The Morgan fingerprint density at radius 2 is 2.40 bits per heavy atom. The summed E-state index contributed by atoms with van der Waals surface area (Å²) in [7, 11) is 2.21. The molecule has 0 bridgehead atoms. The summed E-state index contributed by atoms with van der Waals surface area (Å²) < 4.78 is 11.3. The first-order chi connectivity index (χ1) is 9.81. The molecule has 1 unspecified atom stereocenters. The van der Waals surface area contributed by atoms with Crippen LogP contribution in [0.1, 0.15) is 43.9 Å². The van der Waals surface area contributed by atoms with E-state index in [0.29, 0.717) is 12.6 Å². The van der Waals surface area contributed by atoms with E-state index in [0.717, 1.165) is 38.3 Å². The number of nitrogens with one attached hydrogen (secondary N) is 1. The second kappa shape index (κ2) is 8.45. The molecule has 1 aliphatic rings. The van der Waals surface area contributed by atoms with Crippen molar-refractivity contribution >= 4 is 0 Å². The fourth-order valence-electron chi connectivity index (χ4n) is 2.77. The molecule has 0 spiro atoms. The van der Waals surface area contributed by atoms with E-state index in [4.69, 9.17) is 9.15 Å². The molecule has 1 aliphatic heterocycles. The van der Waals surface area contributed by atoms with Crippen LogP contribution in [0.15, 0.2) is 16.7 Å². The van der Waals surface area contributed by atoms with Gasteiger partial charge in [-0.05, 0) is 51.9 Å². The Kier molecular flexibility index (Phi) is 6.57. The summed E-state index contributed by atoms with van der Waals surface area (Å²) in [6, 6.07) is 2.73. The van der Waals surface area contributed by atoms with Gasteiger partial charge in [-0.1, -0.05) is 6.92 Å². The molecule has 4 heteroatoms. The number of rotatable bonds is 9. The largest absolute Gasteiger partial charge is 0.468 e. The lowest BCUT2D eigenvalue weighted by atomic mass is 10.1. The molecule has 0 radical (unpaired) electrons. The molecule has 0 saturated carbocycles.